The Morgan fingerprint density at radius 3 is 2.43 bits per heavy atom. The van der Waals surface area contributed by atoms with Gasteiger partial charge in [0, 0.05) is 0 Å². The Morgan fingerprint density at radius 1 is 1.04 bits per heavy atom. The molecule has 0 aliphatic carbocycles. The fourth-order valence-electron chi connectivity index (χ4n) is 2.17. The van der Waals surface area contributed by atoms with E-state index in [1.165, 1.54) is 11.0 Å². The maximum atomic E-state index is 12.5. The molecule has 1 aromatic heterocycles. The number of benzene rings is 2. The van der Waals surface area contributed by atoms with E-state index in [0.29, 0.717) is 11.4 Å². The summed E-state index contributed by atoms with van der Waals surface area (Å²) >= 11 is 0. The van der Waals surface area contributed by atoms with Crippen molar-refractivity contribution in [3.05, 3.63) is 59.9 Å². The lowest BCUT2D eigenvalue weighted by molar-refractivity contribution is 0.601. The molecule has 0 saturated heterocycles. The Labute approximate surface area is 134 Å². The van der Waals surface area contributed by atoms with Gasteiger partial charge in [-0.15, -0.1) is 5.10 Å². The Balaban J connectivity index is 1.97. The van der Waals surface area contributed by atoms with Crippen LogP contribution in [0.25, 0.3) is 5.69 Å². The average Bonchev–Trinajstić information content (AvgIpc) is 3.04. The molecule has 0 unspecified atom stereocenters. The fraction of sp³-hybridized carbons (Fsp3) is 0.133. The van der Waals surface area contributed by atoms with Gasteiger partial charge in [-0.2, -0.15) is 0 Å². The third-order valence-corrected chi connectivity index (χ3v) is 4.86. The van der Waals surface area contributed by atoms with Crippen molar-refractivity contribution in [2.24, 2.45) is 0 Å². The Hall–Kier alpha value is -2.74. The predicted molar refractivity (Wildman–Crippen MR) is 85.9 cm³/mol. The molecule has 0 atom stereocenters. The topological polar surface area (TPSA) is 89.8 Å². The maximum absolute atomic E-state index is 12.5. The molecule has 0 amide bonds. The number of rotatable bonds is 4. The summed E-state index contributed by atoms with van der Waals surface area (Å²) in [5.41, 5.74) is 2.92. The lowest BCUT2D eigenvalue weighted by Crippen LogP contribution is -2.14. The van der Waals surface area contributed by atoms with Gasteiger partial charge in [0.1, 0.15) is 6.33 Å². The van der Waals surface area contributed by atoms with Gasteiger partial charge in [-0.1, -0.05) is 23.8 Å². The van der Waals surface area contributed by atoms with Gasteiger partial charge >= 0.3 is 0 Å². The Morgan fingerprint density at radius 2 is 1.78 bits per heavy atom. The first-order valence-corrected chi connectivity index (χ1v) is 8.38. The molecule has 7 nitrogen and oxygen atoms in total. The summed E-state index contributed by atoms with van der Waals surface area (Å²) in [5, 5.41) is 11.0. The van der Waals surface area contributed by atoms with E-state index in [9.17, 15) is 8.42 Å². The molecule has 3 aromatic rings. The molecule has 1 heterocycles. The van der Waals surface area contributed by atoms with Crippen LogP contribution in [-0.4, -0.2) is 28.6 Å². The van der Waals surface area contributed by atoms with Crippen molar-refractivity contribution in [2.75, 3.05) is 4.72 Å². The molecular weight excluding hydrogens is 314 g/mol. The first-order valence-electron chi connectivity index (χ1n) is 6.90. The number of aromatic nitrogens is 4. The molecule has 0 saturated carbocycles. The van der Waals surface area contributed by atoms with Gasteiger partial charge in [0.05, 0.1) is 16.3 Å². The van der Waals surface area contributed by atoms with E-state index in [0.717, 1.165) is 11.1 Å². The Kier molecular flexibility index (Phi) is 3.83. The second kappa shape index (κ2) is 5.81. The maximum Gasteiger partial charge on any atom is 0.261 e. The molecule has 1 N–H and O–H groups in total. The summed E-state index contributed by atoms with van der Waals surface area (Å²) in [6.07, 6.45) is 1.46. The molecule has 2 aromatic carbocycles. The third kappa shape index (κ3) is 3.07. The quantitative estimate of drug-likeness (QED) is 0.791. The number of nitrogens with one attached hydrogen (secondary N) is 1. The minimum atomic E-state index is -3.65. The standard InChI is InChI=1S/C15H15N5O2S/c1-11-6-8-13(9-7-11)23(21,22)17-14-4-3-5-15(12(14)2)20-10-16-18-19-20/h3-10,17H,1-2H3. The zero-order valence-electron chi connectivity index (χ0n) is 12.6. The molecule has 118 valence electrons. The first kappa shape index (κ1) is 15.2. The number of hydrogen-bond acceptors (Lipinski definition) is 5. The number of aryl methyl sites for hydroxylation is 1. The minimum absolute atomic E-state index is 0.218. The molecule has 8 heteroatoms. The number of nitrogens with zero attached hydrogens (tertiary/aromatic N) is 4. The summed E-state index contributed by atoms with van der Waals surface area (Å²) in [5.74, 6) is 0. The van der Waals surface area contributed by atoms with Crippen molar-refractivity contribution in [1.29, 1.82) is 0 Å². The van der Waals surface area contributed by atoms with Crippen molar-refractivity contribution in [2.45, 2.75) is 18.7 Å². The first-order chi connectivity index (χ1) is 11.0. The number of tetrazole rings is 1. The van der Waals surface area contributed by atoms with E-state index in [4.69, 9.17) is 0 Å². The van der Waals surface area contributed by atoms with E-state index in [1.807, 2.05) is 19.9 Å². The molecule has 0 fully saturated rings. The smallest absolute Gasteiger partial charge is 0.261 e. The molecule has 0 radical (unpaired) electrons. The zero-order chi connectivity index (χ0) is 16.4. The lowest BCUT2D eigenvalue weighted by atomic mass is 10.1. The van der Waals surface area contributed by atoms with E-state index in [2.05, 4.69) is 20.2 Å². The molecule has 0 aliphatic rings. The van der Waals surface area contributed by atoms with Gasteiger partial charge in [0.25, 0.3) is 10.0 Å². The lowest BCUT2D eigenvalue weighted by Gasteiger charge is -2.13. The van der Waals surface area contributed by atoms with Crippen LogP contribution >= 0.6 is 0 Å². The van der Waals surface area contributed by atoms with Crippen molar-refractivity contribution in [1.82, 2.24) is 20.2 Å². The fourth-order valence-corrected chi connectivity index (χ4v) is 3.30. The second-order valence-electron chi connectivity index (χ2n) is 5.12. The summed E-state index contributed by atoms with van der Waals surface area (Å²) < 4.78 is 29.1. The van der Waals surface area contributed by atoms with E-state index in [-0.39, 0.29) is 4.90 Å². The van der Waals surface area contributed by atoms with Gasteiger partial charge in [-0.05, 0) is 54.1 Å². The van der Waals surface area contributed by atoms with Crippen LogP contribution in [0.3, 0.4) is 0 Å². The molecule has 0 bridgehead atoms. The van der Waals surface area contributed by atoms with Crippen LogP contribution in [0, 0.1) is 13.8 Å². The SMILES string of the molecule is Cc1ccc(S(=O)(=O)Nc2cccc(-n3cnnn3)c2C)cc1. The predicted octanol–water partition coefficient (Wildman–Crippen LogP) is 2.08. The summed E-state index contributed by atoms with van der Waals surface area (Å²) in [6, 6.07) is 12.0. The summed E-state index contributed by atoms with van der Waals surface area (Å²) in [6.45, 7) is 3.72. The minimum Gasteiger partial charge on any atom is -0.279 e. The van der Waals surface area contributed by atoms with Gasteiger partial charge in [0.2, 0.25) is 0 Å². The average molecular weight is 329 g/mol. The molecule has 3 rings (SSSR count). The number of anilines is 1. The number of hydrogen-bond donors (Lipinski definition) is 1. The number of sulfonamides is 1. The second-order valence-corrected chi connectivity index (χ2v) is 6.81. The molecular formula is C15H15N5O2S. The van der Waals surface area contributed by atoms with E-state index < -0.39 is 10.0 Å². The highest BCUT2D eigenvalue weighted by Crippen LogP contribution is 2.24. The highest BCUT2D eigenvalue weighted by molar-refractivity contribution is 7.92. The Bertz CT molecular complexity index is 919. The van der Waals surface area contributed by atoms with Gasteiger partial charge < -0.3 is 0 Å². The molecule has 0 spiro atoms. The van der Waals surface area contributed by atoms with Gasteiger partial charge in [0.15, 0.2) is 0 Å². The van der Waals surface area contributed by atoms with Crippen molar-refractivity contribution >= 4 is 15.7 Å². The highest BCUT2D eigenvalue weighted by Gasteiger charge is 2.16. The normalized spacial score (nSPS) is 11.4. The van der Waals surface area contributed by atoms with Crippen LogP contribution in [0.2, 0.25) is 0 Å². The van der Waals surface area contributed by atoms with Crippen LogP contribution in [0.4, 0.5) is 5.69 Å². The van der Waals surface area contributed by atoms with Crippen LogP contribution in [-0.2, 0) is 10.0 Å². The molecule has 23 heavy (non-hydrogen) atoms. The van der Waals surface area contributed by atoms with E-state index >= 15 is 0 Å². The van der Waals surface area contributed by atoms with Crippen LogP contribution in [0.5, 0.6) is 0 Å². The van der Waals surface area contributed by atoms with Gasteiger partial charge in [-0.3, -0.25) is 4.72 Å². The van der Waals surface area contributed by atoms with E-state index in [1.54, 1.807) is 36.4 Å². The summed E-state index contributed by atoms with van der Waals surface area (Å²) in [4.78, 5) is 0.218. The summed E-state index contributed by atoms with van der Waals surface area (Å²) in [7, 11) is -3.65. The largest absolute Gasteiger partial charge is 0.279 e. The highest BCUT2D eigenvalue weighted by atomic mass is 32.2. The third-order valence-electron chi connectivity index (χ3n) is 3.48. The zero-order valence-corrected chi connectivity index (χ0v) is 13.4. The van der Waals surface area contributed by atoms with Crippen molar-refractivity contribution < 1.29 is 8.42 Å². The van der Waals surface area contributed by atoms with Crippen molar-refractivity contribution in [3.8, 4) is 5.69 Å². The monoisotopic (exact) mass is 329 g/mol. The van der Waals surface area contributed by atoms with Crippen LogP contribution in [0.15, 0.2) is 53.7 Å². The van der Waals surface area contributed by atoms with Gasteiger partial charge in [-0.25, -0.2) is 13.1 Å². The van der Waals surface area contributed by atoms with Crippen LogP contribution in [0.1, 0.15) is 11.1 Å². The van der Waals surface area contributed by atoms with Crippen molar-refractivity contribution in [3.63, 3.8) is 0 Å². The van der Waals surface area contributed by atoms with Crippen LogP contribution < -0.4 is 4.72 Å². The molecule has 0 aliphatic heterocycles.